The third-order valence-corrected chi connectivity index (χ3v) is 6.25. The second kappa shape index (κ2) is 8.94. The molecule has 3 heterocycles. The van der Waals surface area contributed by atoms with Crippen LogP contribution in [0.1, 0.15) is 17.7 Å². The number of anilines is 2. The van der Waals surface area contributed by atoms with Crippen LogP contribution in [0, 0.1) is 11.8 Å². The molecule has 7 heteroatoms. The molecule has 0 amide bonds. The monoisotopic (exact) mass is 446 g/mol. The molecule has 1 aliphatic rings. The Bertz CT molecular complexity index is 1270. The fourth-order valence-corrected chi connectivity index (χ4v) is 4.52. The van der Waals surface area contributed by atoms with Gasteiger partial charge in [-0.2, -0.15) is 0 Å². The summed E-state index contributed by atoms with van der Waals surface area (Å²) in [4.78, 5) is 9.80. The van der Waals surface area contributed by atoms with Crippen LogP contribution in [-0.2, 0) is 0 Å². The number of ether oxygens (including phenoxy) is 1. The molecule has 2 aromatic carbocycles. The average molecular weight is 447 g/mol. The third kappa shape index (κ3) is 4.64. The molecule has 4 aromatic rings. The second-order valence-electron chi connectivity index (χ2n) is 7.15. The molecule has 0 spiro atoms. The Balaban J connectivity index is 1.36. The van der Waals surface area contributed by atoms with Gasteiger partial charge < -0.3 is 15.4 Å². The number of rotatable bonds is 4. The zero-order chi connectivity index (χ0) is 21.0. The highest BCUT2D eigenvalue weighted by molar-refractivity contribution is 7.20. The quantitative estimate of drug-likeness (QED) is 0.377. The van der Waals surface area contributed by atoms with Crippen molar-refractivity contribution in [2.45, 2.75) is 18.9 Å². The van der Waals surface area contributed by atoms with Crippen LogP contribution in [0.15, 0.2) is 60.9 Å². The second-order valence-corrected chi connectivity index (χ2v) is 8.61. The van der Waals surface area contributed by atoms with Gasteiger partial charge in [0.1, 0.15) is 17.8 Å². The highest BCUT2D eigenvalue weighted by Gasteiger charge is 2.12. The molecular formula is C24H19ClN4OS. The molecule has 31 heavy (non-hydrogen) atoms. The molecule has 0 saturated carbocycles. The molecule has 0 radical (unpaired) electrons. The number of thiophene rings is 1. The predicted octanol–water partition coefficient (Wildman–Crippen LogP) is 5.98. The standard InChI is InChI=1S/C24H19ClN4OS/c25-20-13-17(9-11-22(20)30-18-6-2-1-3-7-18)29-24-23-21(27-15-28-24)14-19(31-23)10-8-16-5-4-12-26-16/h1-3,6-7,9,11,13-16,26H,4-5,12H2,(H,27,28,29)/t16-/m1/s1. The molecule has 2 aromatic heterocycles. The molecule has 0 unspecified atom stereocenters. The van der Waals surface area contributed by atoms with Gasteiger partial charge in [0, 0.05) is 5.69 Å². The van der Waals surface area contributed by atoms with E-state index in [2.05, 4.69) is 32.4 Å². The molecular weight excluding hydrogens is 428 g/mol. The van der Waals surface area contributed by atoms with E-state index in [4.69, 9.17) is 16.3 Å². The van der Waals surface area contributed by atoms with E-state index < -0.39 is 0 Å². The van der Waals surface area contributed by atoms with Crippen LogP contribution in [0.2, 0.25) is 5.02 Å². The smallest absolute Gasteiger partial charge is 0.151 e. The van der Waals surface area contributed by atoms with Crippen molar-refractivity contribution in [2.75, 3.05) is 11.9 Å². The predicted molar refractivity (Wildman–Crippen MR) is 127 cm³/mol. The highest BCUT2D eigenvalue weighted by atomic mass is 35.5. The first-order chi connectivity index (χ1) is 15.2. The van der Waals surface area contributed by atoms with Crippen LogP contribution >= 0.6 is 22.9 Å². The first-order valence-electron chi connectivity index (χ1n) is 10.0. The molecule has 5 nitrogen and oxygen atoms in total. The summed E-state index contributed by atoms with van der Waals surface area (Å²) in [6.45, 7) is 1.04. The summed E-state index contributed by atoms with van der Waals surface area (Å²) < 4.78 is 6.82. The molecule has 0 aliphatic carbocycles. The minimum absolute atomic E-state index is 0.285. The number of nitrogens with zero attached hydrogens (tertiary/aromatic N) is 2. The number of hydrogen-bond acceptors (Lipinski definition) is 6. The van der Waals surface area contributed by atoms with E-state index in [1.165, 1.54) is 6.42 Å². The molecule has 2 N–H and O–H groups in total. The number of aromatic nitrogens is 2. The highest BCUT2D eigenvalue weighted by Crippen LogP contribution is 2.34. The Morgan fingerprint density at radius 3 is 2.84 bits per heavy atom. The van der Waals surface area contributed by atoms with Crippen molar-refractivity contribution >= 4 is 44.7 Å². The summed E-state index contributed by atoms with van der Waals surface area (Å²) in [7, 11) is 0. The Kier molecular flexibility index (Phi) is 5.72. The zero-order valence-corrected chi connectivity index (χ0v) is 18.1. The lowest BCUT2D eigenvalue weighted by Crippen LogP contribution is -2.18. The van der Waals surface area contributed by atoms with E-state index in [-0.39, 0.29) is 6.04 Å². The summed E-state index contributed by atoms with van der Waals surface area (Å²) in [5.41, 5.74) is 1.70. The molecule has 1 atom stereocenters. The lowest BCUT2D eigenvalue weighted by atomic mass is 10.2. The van der Waals surface area contributed by atoms with E-state index in [0.717, 1.165) is 45.3 Å². The molecule has 154 valence electrons. The lowest BCUT2D eigenvalue weighted by Gasteiger charge is -2.10. The van der Waals surface area contributed by atoms with Gasteiger partial charge in [0.15, 0.2) is 5.82 Å². The number of para-hydroxylation sites is 1. The fraction of sp³-hybridized carbons (Fsp3) is 0.167. The van der Waals surface area contributed by atoms with Gasteiger partial charge in [0.25, 0.3) is 0 Å². The van der Waals surface area contributed by atoms with Gasteiger partial charge in [-0.25, -0.2) is 9.97 Å². The first-order valence-corrected chi connectivity index (χ1v) is 11.2. The average Bonchev–Trinajstić information content (AvgIpc) is 3.45. The van der Waals surface area contributed by atoms with Crippen molar-refractivity contribution in [1.29, 1.82) is 0 Å². The van der Waals surface area contributed by atoms with Gasteiger partial charge in [-0.15, -0.1) is 11.3 Å². The van der Waals surface area contributed by atoms with Crippen molar-refractivity contribution in [3.05, 3.63) is 70.8 Å². The van der Waals surface area contributed by atoms with Gasteiger partial charge in [-0.1, -0.05) is 41.6 Å². The van der Waals surface area contributed by atoms with Gasteiger partial charge >= 0.3 is 0 Å². The molecule has 0 bridgehead atoms. The van der Waals surface area contributed by atoms with Crippen LogP contribution in [0.3, 0.4) is 0 Å². The molecule has 1 aliphatic heterocycles. The van der Waals surface area contributed by atoms with Crippen molar-refractivity contribution in [3.8, 4) is 23.3 Å². The van der Waals surface area contributed by atoms with Crippen LogP contribution in [0.4, 0.5) is 11.5 Å². The number of fused-ring (bicyclic) bond motifs is 1. The zero-order valence-electron chi connectivity index (χ0n) is 16.6. The van der Waals surface area contributed by atoms with Crippen LogP contribution in [0.25, 0.3) is 10.2 Å². The molecule has 1 saturated heterocycles. The van der Waals surface area contributed by atoms with E-state index in [1.807, 2.05) is 54.6 Å². The summed E-state index contributed by atoms with van der Waals surface area (Å²) in [6, 6.07) is 17.4. The number of halogens is 1. The number of hydrogen-bond donors (Lipinski definition) is 2. The fourth-order valence-electron chi connectivity index (χ4n) is 3.38. The largest absolute Gasteiger partial charge is 0.456 e. The maximum absolute atomic E-state index is 6.45. The summed E-state index contributed by atoms with van der Waals surface area (Å²) >= 11 is 8.04. The maximum atomic E-state index is 6.45. The SMILES string of the molecule is Clc1cc(Nc2ncnc3cc(C#C[C@H]4CCCN4)sc23)ccc1Oc1ccccc1. The summed E-state index contributed by atoms with van der Waals surface area (Å²) in [5.74, 6) is 8.66. The molecule has 1 fully saturated rings. The Hall–Kier alpha value is -3.11. The Labute approximate surface area is 189 Å². The van der Waals surface area contributed by atoms with Crippen LogP contribution in [0.5, 0.6) is 11.5 Å². The Morgan fingerprint density at radius 2 is 2.03 bits per heavy atom. The van der Waals surface area contributed by atoms with Gasteiger partial charge in [0.2, 0.25) is 0 Å². The first kappa shape index (κ1) is 19.8. The topological polar surface area (TPSA) is 59.1 Å². The van der Waals surface area contributed by atoms with Crippen molar-refractivity contribution < 1.29 is 4.74 Å². The van der Waals surface area contributed by atoms with Crippen molar-refractivity contribution in [1.82, 2.24) is 15.3 Å². The maximum Gasteiger partial charge on any atom is 0.151 e. The van der Waals surface area contributed by atoms with E-state index >= 15 is 0 Å². The van der Waals surface area contributed by atoms with E-state index in [0.29, 0.717) is 10.8 Å². The van der Waals surface area contributed by atoms with Gasteiger partial charge in [0.05, 0.1) is 26.2 Å². The number of benzene rings is 2. The van der Waals surface area contributed by atoms with Crippen molar-refractivity contribution in [3.63, 3.8) is 0 Å². The van der Waals surface area contributed by atoms with E-state index in [9.17, 15) is 0 Å². The summed E-state index contributed by atoms with van der Waals surface area (Å²) in [5, 5.41) is 7.26. The number of nitrogens with one attached hydrogen (secondary N) is 2. The minimum Gasteiger partial charge on any atom is -0.456 e. The molecule has 5 rings (SSSR count). The van der Waals surface area contributed by atoms with Gasteiger partial charge in [-0.3, -0.25) is 0 Å². The van der Waals surface area contributed by atoms with Crippen LogP contribution in [-0.4, -0.2) is 22.6 Å². The third-order valence-electron chi connectivity index (χ3n) is 4.91. The lowest BCUT2D eigenvalue weighted by molar-refractivity contribution is 0.483. The van der Waals surface area contributed by atoms with Gasteiger partial charge in [-0.05, 0) is 55.8 Å². The van der Waals surface area contributed by atoms with Crippen molar-refractivity contribution in [2.24, 2.45) is 0 Å². The summed E-state index contributed by atoms with van der Waals surface area (Å²) in [6.07, 6.45) is 3.85. The Morgan fingerprint density at radius 1 is 1.13 bits per heavy atom. The van der Waals surface area contributed by atoms with E-state index in [1.54, 1.807) is 17.7 Å². The normalized spacial score (nSPS) is 15.5. The van der Waals surface area contributed by atoms with Crippen LogP contribution < -0.4 is 15.4 Å². The minimum atomic E-state index is 0.285.